The summed E-state index contributed by atoms with van der Waals surface area (Å²) in [7, 11) is 0. The molecule has 3 rings (SSSR count). The number of carboxylic acid groups (broad SMARTS) is 3. The Morgan fingerprint density at radius 2 is 1.21 bits per heavy atom. The van der Waals surface area contributed by atoms with Crippen LogP contribution in [0.15, 0.2) is 54.6 Å². The van der Waals surface area contributed by atoms with E-state index >= 15 is 0 Å². The summed E-state index contributed by atoms with van der Waals surface area (Å²) in [5, 5.41) is 34.4. The van der Waals surface area contributed by atoms with E-state index in [0.29, 0.717) is 16.8 Å². The van der Waals surface area contributed by atoms with Crippen molar-refractivity contribution in [1.29, 1.82) is 0 Å². The minimum Gasteiger partial charge on any atom is -0.478 e. The van der Waals surface area contributed by atoms with Gasteiger partial charge in [-0.25, -0.2) is 14.4 Å². The average Bonchev–Trinajstić information content (AvgIpc) is 2.87. The van der Waals surface area contributed by atoms with Crippen LogP contribution in [-0.2, 0) is 0 Å². The van der Waals surface area contributed by atoms with E-state index in [1.54, 1.807) is 6.07 Å². The molecule has 10 heteroatoms. The van der Waals surface area contributed by atoms with E-state index in [-0.39, 0.29) is 39.0 Å². The largest absolute Gasteiger partial charge is 0.478 e. The molecule has 0 spiro atoms. The maximum Gasteiger partial charge on any atom is 0.336 e. The van der Waals surface area contributed by atoms with Gasteiger partial charge in [-0.15, -0.1) is 0 Å². The zero-order chi connectivity index (χ0) is 29.1. The molecule has 0 fully saturated rings. The van der Waals surface area contributed by atoms with Crippen LogP contribution in [0.4, 0.5) is 11.4 Å². The summed E-state index contributed by atoms with van der Waals surface area (Å²) in [5.74, 6) is -5.10. The number of carbonyl (C=O) groups is 5. The topological polar surface area (TPSA) is 170 Å². The van der Waals surface area contributed by atoms with Gasteiger partial charge in [-0.1, -0.05) is 19.1 Å². The second-order valence-electron chi connectivity index (χ2n) is 9.61. The number of carboxylic acids is 3. The second-order valence-corrected chi connectivity index (χ2v) is 9.61. The van der Waals surface area contributed by atoms with Crippen LogP contribution in [0, 0.1) is 0 Å². The molecule has 0 aliphatic rings. The van der Waals surface area contributed by atoms with Crippen LogP contribution >= 0.6 is 0 Å². The van der Waals surface area contributed by atoms with Crippen LogP contribution < -0.4 is 10.6 Å². The first-order chi connectivity index (χ1) is 18.2. The van der Waals surface area contributed by atoms with Crippen molar-refractivity contribution in [3.63, 3.8) is 0 Å². The zero-order valence-electron chi connectivity index (χ0n) is 21.8. The van der Waals surface area contributed by atoms with Crippen molar-refractivity contribution in [3.8, 4) is 11.1 Å². The standard InChI is InChI=1S/C29H28N2O8/c1-5-29(3,4)31-20-11-18(26(34)35)10-19(14-20)30-25(33)24-13-17(7-9-22(24)28(38)39)16-6-8-21(27(36)37)23(12-16)15(2)32/h6-14,31H,5H2,1-4H3,(H,30,33)(H,34,35)(H,36,37)(H,38,39). The molecule has 0 bridgehead atoms. The van der Waals surface area contributed by atoms with Gasteiger partial charge in [0.15, 0.2) is 5.78 Å². The summed E-state index contributed by atoms with van der Waals surface area (Å²) in [4.78, 5) is 60.4. The molecule has 0 aliphatic heterocycles. The molecule has 202 valence electrons. The van der Waals surface area contributed by atoms with E-state index in [0.717, 1.165) is 6.42 Å². The summed E-state index contributed by atoms with van der Waals surface area (Å²) < 4.78 is 0. The summed E-state index contributed by atoms with van der Waals surface area (Å²) in [5.41, 5.74) is 0.200. The highest BCUT2D eigenvalue weighted by atomic mass is 16.4. The van der Waals surface area contributed by atoms with E-state index in [1.165, 1.54) is 55.5 Å². The highest BCUT2D eigenvalue weighted by molar-refractivity contribution is 6.12. The van der Waals surface area contributed by atoms with Gasteiger partial charge < -0.3 is 26.0 Å². The average molecular weight is 533 g/mol. The number of anilines is 2. The van der Waals surface area contributed by atoms with Crippen molar-refractivity contribution in [1.82, 2.24) is 0 Å². The fourth-order valence-corrected chi connectivity index (χ4v) is 3.87. The lowest BCUT2D eigenvalue weighted by Gasteiger charge is -2.26. The van der Waals surface area contributed by atoms with Crippen LogP contribution in [0.3, 0.4) is 0 Å². The van der Waals surface area contributed by atoms with Gasteiger partial charge in [0.25, 0.3) is 5.91 Å². The predicted octanol–water partition coefficient (Wildman–Crippen LogP) is 5.50. The molecule has 0 aliphatic carbocycles. The number of ketones is 1. The Balaban J connectivity index is 2.06. The van der Waals surface area contributed by atoms with E-state index < -0.39 is 29.6 Å². The molecule has 0 saturated heterocycles. The SMILES string of the molecule is CCC(C)(C)Nc1cc(NC(=O)c2cc(-c3ccc(C(=O)O)c(C(C)=O)c3)ccc2C(=O)O)cc(C(=O)O)c1. The molecule has 0 unspecified atom stereocenters. The Morgan fingerprint density at radius 1 is 0.692 bits per heavy atom. The number of amides is 1. The Morgan fingerprint density at radius 3 is 1.69 bits per heavy atom. The van der Waals surface area contributed by atoms with Crippen molar-refractivity contribution in [2.24, 2.45) is 0 Å². The fourth-order valence-electron chi connectivity index (χ4n) is 3.87. The Kier molecular flexibility index (Phi) is 8.19. The van der Waals surface area contributed by atoms with Gasteiger partial charge in [-0.05, 0) is 80.8 Å². The molecule has 1 amide bonds. The summed E-state index contributed by atoms with van der Waals surface area (Å²) >= 11 is 0. The van der Waals surface area contributed by atoms with Gasteiger partial charge >= 0.3 is 17.9 Å². The van der Waals surface area contributed by atoms with Gasteiger partial charge in [0.2, 0.25) is 0 Å². The smallest absolute Gasteiger partial charge is 0.336 e. The molecule has 0 radical (unpaired) electrons. The van der Waals surface area contributed by atoms with Gasteiger partial charge in [0.05, 0.1) is 22.3 Å². The molecule has 3 aromatic rings. The lowest BCUT2D eigenvalue weighted by molar-refractivity contribution is 0.0683. The normalized spacial score (nSPS) is 11.0. The van der Waals surface area contributed by atoms with Crippen LogP contribution in [0.2, 0.25) is 0 Å². The third kappa shape index (κ3) is 6.67. The molecule has 3 aromatic carbocycles. The summed E-state index contributed by atoms with van der Waals surface area (Å²) in [6.07, 6.45) is 0.736. The maximum atomic E-state index is 13.3. The highest BCUT2D eigenvalue weighted by Crippen LogP contribution is 2.28. The molecular formula is C29H28N2O8. The Labute approximate surface area is 224 Å². The van der Waals surface area contributed by atoms with Crippen molar-refractivity contribution < 1.29 is 39.3 Å². The molecular weight excluding hydrogens is 504 g/mol. The summed E-state index contributed by atoms with van der Waals surface area (Å²) in [6.45, 7) is 7.06. The predicted molar refractivity (Wildman–Crippen MR) is 145 cm³/mol. The van der Waals surface area contributed by atoms with Crippen LogP contribution in [0.1, 0.15) is 85.9 Å². The minimum absolute atomic E-state index is 0.0335. The van der Waals surface area contributed by atoms with Gasteiger partial charge in [-0.3, -0.25) is 9.59 Å². The quantitative estimate of drug-likeness (QED) is 0.211. The number of carbonyl (C=O) groups excluding carboxylic acids is 2. The number of rotatable bonds is 10. The van der Waals surface area contributed by atoms with Crippen molar-refractivity contribution in [2.75, 3.05) is 10.6 Å². The number of hydrogen-bond acceptors (Lipinski definition) is 6. The number of aromatic carboxylic acids is 3. The number of Topliss-reactive ketones (excluding diaryl/α,β-unsaturated/α-hetero) is 1. The molecule has 10 nitrogen and oxygen atoms in total. The fraction of sp³-hybridized carbons (Fsp3) is 0.207. The number of hydrogen-bond donors (Lipinski definition) is 5. The van der Waals surface area contributed by atoms with Crippen molar-refractivity contribution in [3.05, 3.63) is 82.4 Å². The molecule has 0 aromatic heterocycles. The van der Waals surface area contributed by atoms with Crippen LogP contribution in [0.25, 0.3) is 11.1 Å². The van der Waals surface area contributed by atoms with Gasteiger partial charge in [-0.2, -0.15) is 0 Å². The molecule has 0 saturated carbocycles. The first-order valence-electron chi connectivity index (χ1n) is 12.0. The monoisotopic (exact) mass is 532 g/mol. The zero-order valence-corrected chi connectivity index (χ0v) is 21.8. The highest BCUT2D eigenvalue weighted by Gasteiger charge is 2.21. The van der Waals surface area contributed by atoms with E-state index in [1.807, 2.05) is 20.8 Å². The maximum absolute atomic E-state index is 13.3. The molecule has 5 N–H and O–H groups in total. The molecule has 0 atom stereocenters. The Hall–Kier alpha value is -4.99. The third-order valence-electron chi connectivity index (χ3n) is 6.26. The lowest BCUT2D eigenvalue weighted by atomic mass is 9.94. The van der Waals surface area contributed by atoms with E-state index in [4.69, 9.17) is 0 Å². The van der Waals surface area contributed by atoms with Crippen LogP contribution in [0.5, 0.6) is 0 Å². The van der Waals surface area contributed by atoms with Crippen LogP contribution in [-0.4, -0.2) is 50.5 Å². The summed E-state index contributed by atoms with van der Waals surface area (Å²) in [6, 6.07) is 12.3. The molecule has 0 heterocycles. The Bertz CT molecular complexity index is 1510. The minimum atomic E-state index is -1.36. The van der Waals surface area contributed by atoms with E-state index in [9.17, 15) is 39.3 Å². The second kappa shape index (κ2) is 11.2. The third-order valence-corrected chi connectivity index (χ3v) is 6.26. The van der Waals surface area contributed by atoms with Gasteiger partial charge in [0, 0.05) is 22.5 Å². The van der Waals surface area contributed by atoms with E-state index in [2.05, 4.69) is 10.6 Å². The first kappa shape index (κ1) is 28.6. The lowest BCUT2D eigenvalue weighted by Crippen LogP contribution is -2.29. The van der Waals surface area contributed by atoms with Crippen molar-refractivity contribution in [2.45, 2.75) is 39.7 Å². The van der Waals surface area contributed by atoms with Gasteiger partial charge in [0.1, 0.15) is 0 Å². The first-order valence-corrected chi connectivity index (χ1v) is 12.0. The number of benzene rings is 3. The number of nitrogens with one attached hydrogen (secondary N) is 2. The molecule has 39 heavy (non-hydrogen) atoms. The van der Waals surface area contributed by atoms with Crippen molar-refractivity contribution >= 4 is 41.0 Å².